The van der Waals surface area contributed by atoms with Gasteiger partial charge in [-0.15, -0.1) is 0 Å². The van der Waals surface area contributed by atoms with Gasteiger partial charge in [0.2, 0.25) is 0 Å². The molecule has 1 unspecified atom stereocenters. The van der Waals surface area contributed by atoms with Crippen molar-refractivity contribution >= 4 is 17.6 Å². The van der Waals surface area contributed by atoms with E-state index in [-0.39, 0.29) is 35.9 Å². The summed E-state index contributed by atoms with van der Waals surface area (Å²) in [7, 11) is 2.72. The monoisotopic (exact) mass is 511 g/mol. The summed E-state index contributed by atoms with van der Waals surface area (Å²) in [6.45, 7) is -0.0688. The van der Waals surface area contributed by atoms with Crippen LogP contribution >= 0.6 is 0 Å². The number of hydrogen-bond donors (Lipinski definition) is 1. The molecule has 0 bridgehead atoms. The first kappa shape index (κ1) is 25.7. The molecule has 7 nitrogen and oxygen atoms in total. The smallest absolute Gasteiger partial charge is 0.442 e. The van der Waals surface area contributed by atoms with Gasteiger partial charge >= 0.3 is 11.8 Å². The molecule has 0 saturated heterocycles. The van der Waals surface area contributed by atoms with E-state index in [1.807, 2.05) is 23.5 Å². The largest absolute Gasteiger partial charge is 0.493 e. The van der Waals surface area contributed by atoms with Gasteiger partial charge in [-0.05, 0) is 30.2 Å². The van der Waals surface area contributed by atoms with E-state index >= 15 is 0 Å². The Morgan fingerprint density at radius 3 is 2.16 bits per heavy atom. The van der Waals surface area contributed by atoms with Crippen LogP contribution in [-0.2, 0) is 11.2 Å². The number of alkyl halides is 3. The van der Waals surface area contributed by atoms with E-state index in [1.54, 1.807) is 42.5 Å². The first-order valence-corrected chi connectivity index (χ1v) is 11.3. The first-order valence-electron chi connectivity index (χ1n) is 11.3. The van der Waals surface area contributed by atoms with Gasteiger partial charge in [0, 0.05) is 17.7 Å². The minimum absolute atomic E-state index is 0.0688. The van der Waals surface area contributed by atoms with Crippen LogP contribution in [0.2, 0.25) is 0 Å². The van der Waals surface area contributed by atoms with Gasteiger partial charge in [-0.1, -0.05) is 60.7 Å². The lowest BCUT2D eigenvalue weighted by atomic mass is 10.1. The second kappa shape index (κ2) is 10.3. The molecular weight excluding hydrogens is 487 g/mol. The van der Waals surface area contributed by atoms with E-state index < -0.39 is 23.7 Å². The van der Waals surface area contributed by atoms with Crippen LogP contribution in [0.4, 0.5) is 13.2 Å². The quantitative estimate of drug-likeness (QED) is 0.491. The number of rotatable bonds is 8. The van der Waals surface area contributed by atoms with E-state index in [0.29, 0.717) is 5.56 Å². The topological polar surface area (TPSA) is 80.2 Å². The zero-order valence-electron chi connectivity index (χ0n) is 20.1. The van der Waals surface area contributed by atoms with E-state index in [1.165, 1.54) is 32.4 Å². The van der Waals surface area contributed by atoms with Crippen LogP contribution in [0, 0.1) is 0 Å². The molecule has 1 atom stereocenters. The van der Waals surface area contributed by atoms with Crippen molar-refractivity contribution in [3.63, 3.8) is 0 Å². The highest BCUT2D eigenvalue weighted by atomic mass is 19.4. The molecule has 3 aromatic carbocycles. The number of hydrogen-bond acceptors (Lipinski definition) is 5. The summed E-state index contributed by atoms with van der Waals surface area (Å²) in [5.41, 5.74) is -2.51. The van der Waals surface area contributed by atoms with Crippen molar-refractivity contribution in [2.45, 2.75) is 18.3 Å². The lowest BCUT2D eigenvalue weighted by Crippen LogP contribution is -2.63. The highest BCUT2D eigenvalue weighted by molar-refractivity contribution is 6.16. The summed E-state index contributed by atoms with van der Waals surface area (Å²) >= 11 is 0. The molecule has 0 fully saturated rings. The third kappa shape index (κ3) is 5.00. The molecule has 0 spiro atoms. The van der Waals surface area contributed by atoms with Crippen LogP contribution < -0.4 is 14.8 Å². The summed E-state index contributed by atoms with van der Waals surface area (Å²) < 4.78 is 54.1. The second-order valence-electron chi connectivity index (χ2n) is 8.23. The number of carbonyl (C=O) groups excluding carboxylic acids is 2. The summed E-state index contributed by atoms with van der Waals surface area (Å²) in [5.74, 6) is -2.27. The van der Waals surface area contributed by atoms with Crippen LogP contribution in [0.25, 0.3) is 0 Å². The summed E-state index contributed by atoms with van der Waals surface area (Å²) in [5, 5.41) is 1.88. The third-order valence-electron chi connectivity index (χ3n) is 5.93. The fraction of sp³-hybridized carbons (Fsp3) is 0.222. The summed E-state index contributed by atoms with van der Waals surface area (Å²) in [4.78, 5) is 31.4. The normalized spacial score (nSPS) is 17.4. The lowest BCUT2D eigenvalue weighted by Gasteiger charge is -2.29. The molecule has 1 aliphatic rings. The lowest BCUT2D eigenvalue weighted by molar-refractivity contribution is -0.196. The minimum Gasteiger partial charge on any atom is -0.493 e. The van der Waals surface area contributed by atoms with Crippen LogP contribution in [0.3, 0.4) is 0 Å². The fourth-order valence-electron chi connectivity index (χ4n) is 4.01. The Morgan fingerprint density at radius 1 is 0.946 bits per heavy atom. The predicted molar refractivity (Wildman–Crippen MR) is 131 cm³/mol. The SMILES string of the molecule is COc1ccc(C(=O)NC2(C(F)(F)F)N=C(c3ccccc3)N(CCc3ccccc3)C2=O)cc1OC. The molecule has 192 valence electrons. The maximum absolute atomic E-state index is 14.6. The molecular formula is C27H24F3N3O4. The van der Waals surface area contributed by atoms with Crippen LogP contribution in [-0.4, -0.2) is 55.2 Å². The van der Waals surface area contributed by atoms with Gasteiger partial charge in [0.15, 0.2) is 11.5 Å². The Balaban J connectivity index is 1.74. The molecule has 10 heteroatoms. The third-order valence-corrected chi connectivity index (χ3v) is 5.93. The Morgan fingerprint density at radius 2 is 1.57 bits per heavy atom. The standard InChI is InChI=1S/C27H24F3N3O4/c1-36-21-14-13-20(17-22(21)37-2)24(34)32-26(27(28,29)30)25(35)33(16-15-18-9-5-3-6-10-18)23(31-26)19-11-7-4-8-12-19/h3-14,17H,15-16H2,1-2H3,(H,32,34). The molecule has 2 amide bonds. The van der Waals surface area contributed by atoms with Gasteiger partial charge in [0.05, 0.1) is 14.2 Å². The van der Waals surface area contributed by atoms with Gasteiger partial charge in [-0.3, -0.25) is 14.5 Å². The van der Waals surface area contributed by atoms with Crippen molar-refractivity contribution in [3.8, 4) is 11.5 Å². The van der Waals surface area contributed by atoms with Crippen molar-refractivity contribution in [2.75, 3.05) is 20.8 Å². The molecule has 0 saturated carbocycles. The predicted octanol–water partition coefficient (Wildman–Crippen LogP) is 4.22. The Hall–Kier alpha value is -4.34. The Bertz CT molecular complexity index is 1310. The highest BCUT2D eigenvalue weighted by Crippen LogP contribution is 2.39. The van der Waals surface area contributed by atoms with E-state index in [4.69, 9.17) is 9.47 Å². The number of methoxy groups -OCH3 is 2. The molecule has 1 aliphatic heterocycles. The molecule has 1 N–H and O–H groups in total. The molecule has 0 aromatic heterocycles. The minimum atomic E-state index is -5.22. The number of nitrogens with one attached hydrogen (secondary N) is 1. The number of benzene rings is 3. The van der Waals surface area contributed by atoms with E-state index in [0.717, 1.165) is 10.5 Å². The van der Waals surface area contributed by atoms with Crippen molar-refractivity contribution in [3.05, 3.63) is 95.6 Å². The average molecular weight is 512 g/mol. The van der Waals surface area contributed by atoms with Crippen molar-refractivity contribution < 1.29 is 32.2 Å². The number of carbonyl (C=O) groups is 2. The number of nitrogens with zero attached hydrogens (tertiary/aromatic N) is 2. The van der Waals surface area contributed by atoms with Crippen molar-refractivity contribution in [1.82, 2.24) is 10.2 Å². The molecule has 0 radical (unpaired) electrons. The second-order valence-corrected chi connectivity index (χ2v) is 8.23. The van der Waals surface area contributed by atoms with Gasteiger partial charge in [0.1, 0.15) is 5.84 Å². The fourth-order valence-corrected chi connectivity index (χ4v) is 4.01. The van der Waals surface area contributed by atoms with Gasteiger partial charge in [0.25, 0.3) is 11.8 Å². The number of amidine groups is 1. The Kier molecular flexibility index (Phi) is 7.19. The zero-order chi connectivity index (χ0) is 26.6. The molecule has 1 heterocycles. The summed E-state index contributed by atoms with van der Waals surface area (Å²) in [6, 6.07) is 21.0. The summed E-state index contributed by atoms with van der Waals surface area (Å²) in [6.07, 6.45) is -4.94. The molecule has 37 heavy (non-hydrogen) atoms. The number of amides is 2. The number of halogens is 3. The maximum atomic E-state index is 14.6. The van der Waals surface area contributed by atoms with Gasteiger partial charge < -0.3 is 14.8 Å². The highest BCUT2D eigenvalue weighted by Gasteiger charge is 2.67. The number of aliphatic imine (C=N–C) groups is 1. The van der Waals surface area contributed by atoms with Crippen LogP contribution in [0.5, 0.6) is 11.5 Å². The van der Waals surface area contributed by atoms with E-state index in [2.05, 4.69) is 4.99 Å². The van der Waals surface area contributed by atoms with Crippen molar-refractivity contribution in [2.24, 2.45) is 4.99 Å². The van der Waals surface area contributed by atoms with E-state index in [9.17, 15) is 22.8 Å². The molecule has 0 aliphatic carbocycles. The number of ether oxygens (including phenoxy) is 2. The first-order chi connectivity index (χ1) is 17.7. The molecule has 4 rings (SSSR count). The van der Waals surface area contributed by atoms with Gasteiger partial charge in [-0.25, -0.2) is 4.99 Å². The van der Waals surface area contributed by atoms with Crippen LogP contribution in [0.15, 0.2) is 83.9 Å². The van der Waals surface area contributed by atoms with Crippen LogP contribution in [0.1, 0.15) is 21.5 Å². The average Bonchev–Trinajstić information content (AvgIpc) is 3.20. The molecule has 3 aromatic rings. The maximum Gasteiger partial charge on any atom is 0.442 e. The van der Waals surface area contributed by atoms with Gasteiger partial charge in [-0.2, -0.15) is 13.2 Å². The zero-order valence-corrected chi connectivity index (χ0v) is 20.1. The Labute approximate surface area is 211 Å². The van der Waals surface area contributed by atoms with Crippen molar-refractivity contribution in [1.29, 1.82) is 0 Å².